The van der Waals surface area contributed by atoms with Gasteiger partial charge in [0.05, 0.1) is 18.1 Å². The molecule has 0 amide bonds. The van der Waals surface area contributed by atoms with Crippen molar-refractivity contribution in [3.63, 3.8) is 0 Å². The molecule has 1 aliphatic carbocycles. The van der Waals surface area contributed by atoms with Gasteiger partial charge >= 0.3 is 0 Å². The molecule has 106 valence electrons. The Labute approximate surface area is 117 Å². The molecule has 0 unspecified atom stereocenters. The second-order valence-corrected chi connectivity index (χ2v) is 6.50. The summed E-state index contributed by atoms with van der Waals surface area (Å²) < 4.78 is 28.6. The zero-order chi connectivity index (χ0) is 14.2. The highest BCUT2D eigenvalue weighted by atomic mass is 32.2. The maximum Gasteiger partial charge on any atom is 0.265 e. The van der Waals surface area contributed by atoms with Gasteiger partial charge in [-0.2, -0.15) is 5.10 Å². The maximum atomic E-state index is 12.2. The highest BCUT2D eigenvalue weighted by Gasteiger charge is 2.18. The second-order valence-electron chi connectivity index (χ2n) is 4.82. The standard InChI is InChI=1S/C13H16N4O2S/c1-2-17-9-12(8-15-17)20(18,19)16-11-6-10-4-3-5-13(10)14-7-11/h6-9,16H,2-5H2,1H3. The highest BCUT2D eigenvalue weighted by molar-refractivity contribution is 7.92. The fourth-order valence-corrected chi connectivity index (χ4v) is 3.34. The molecule has 20 heavy (non-hydrogen) atoms. The van der Waals surface area contributed by atoms with Crippen LogP contribution in [0.15, 0.2) is 29.6 Å². The summed E-state index contributed by atoms with van der Waals surface area (Å²) in [5.74, 6) is 0. The Bertz CT molecular complexity index is 737. The van der Waals surface area contributed by atoms with Crippen molar-refractivity contribution in [2.45, 2.75) is 37.6 Å². The minimum Gasteiger partial charge on any atom is -0.278 e. The molecule has 2 aromatic heterocycles. The number of nitrogens with one attached hydrogen (secondary N) is 1. The van der Waals surface area contributed by atoms with Gasteiger partial charge < -0.3 is 0 Å². The van der Waals surface area contributed by atoms with Crippen LogP contribution in [0, 0.1) is 0 Å². The van der Waals surface area contributed by atoms with Crippen molar-refractivity contribution < 1.29 is 8.42 Å². The lowest BCUT2D eigenvalue weighted by Gasteiger charge is -2.07. The first-order chi connectivity index (χ1) is 9.58. The first-order valence-electron chi connectivity index (χ1n) is 6.61. The molecular weight excluding hydrogens is 276 g/mol. The van der Waals surface area contributed by atoms with Crippen LogP contribution < -0.4 is 4.72 Å². The first-order valence-corrected chi connectivity index (χ1v) is 8.10. The van der Waals surface area contributed by atoms with Gasteiger partial charge in [-0.25, -0.2) is 8.42 Å². The Hall–Kier alpha value is -1.89. The SMILES string of the molecule is CCn1cc(S(=O)(=O)Nc2cnc3c(c2)CCC3)cn1. The van der Waals surface area contributed by atoms with Crippen molar-refractivity contribution in [1.29, 1.82) is 0 Å². The average Bonchev–Trinajstić information content (AvgIpc) is 3.06. The van der Waals surface area contributed by atoms with Crippen LogP contribution in [0.3, 0.4) is 0 Å². The molecule has 0 aliphatic heterocycles. The third-order valence-electron chi connectivity index (χ3n) is 3.42. The van der Waals surface area contributed by atoms with Gasteiger partial charge in [0, 0.05) is 18.4 Å². The minimum atomic E-state index is -3.59. The van der Waals surface area contributed by atoms with Gasteiger partial charge in [0.2, 0.25) is 0 Å². The van der Waals surface area contributed by atoms with Gasteiger partial charge in [0.25, 0.3) is 10.0 Å². The van der Waals surface area contributed by atoms with Crippen LogP contribution in [0.1, 0.15) is 24.6 Å². The number of nitrogens with zero attached hydrogens (tertiary/aromatic N) is 3. The summed E-state index contributed by atoms with van der Waals surface area (Å²) in [5.41, 5.74) is 2.72. The lowest BCUT2D eigenvalue weighted by molar-refractivity contribution is 0.600. The van der Waals surface area contributed by atoms with E-state index < -0.39 is 10.0 Å². The number of aryl methyl sites for hydroxylation is 3. The lowest BCUT2D eigenvalue weighted by Crippen LogP contribution is -2.13. The van der Waals surface area contributed by atoms with Crippen molar-refractivity contribution in [2.24, 2.45) is 0 Å². The summed E-state index contributed by atoms with van der Waals surface area (Å²) >= 11 is 0. The van der Waals surface area contributed by atoms with Gasteiger partial charge in [0.1, 0.15) is 4.90 Å². The molecule has 0 saturated carbocycles. The van der Waals surface area contributed by atoms with Crippen LogP contribution in [0.4, 0.5) is 5.69 Å². The molecule has 0 fully saturated rings. The number of sulfonamides is 1. The van der Waals surface area contributed by atoms with Gasteiger partial charge in [-0.15, -0.1) is 0 Å². The monoisotopic (exact) mass is 292 g/mol. The molecule has 2 heterocycles. The van der Waals surface area contributed by atoms with Crippen LogP contribution in [0.25, 0.3) is 0 Å². The molecule has 0 aromatic carbocycles. The first kappa shape index (κ1) is 13.1. The summed E-state index contributed by atoms with van der Waals surface area (Å²) in [6.07, 6.45) is 7.47. The second kappa shape index (κ2) is 4.90. The lowest BCUT2D eigenvalue weighted by atomic mass is 10.2. The molecule has 7 heteroatoms. The molecule has 1 N–H and O–H groups in total. The number of anilines is 1. The zero-order valence-corrected chi connectivity index (χ0v) is 12.0. The van der Waals surface area contributed by atoms with Crippen LogP contribution in [0.5, 0.6) is 0 Å². The van der Waals surface area contributed by atoms with E-state index in [1.165, 1.54) is 12.4 Å². The summed E-state index contributed by atoms with van der Waals surface area (Å²) in [6.45, 7) is 2.54. The Morgan fingerprint density at radius 2 is 2.20 bits per heavy atom. The number of aromatic nitrogens is 3. The van der Waals surface area contributed by atoms with Crippen LogP contribution >= 0.6 is 0 Å². The van der Waals surface area contributed by atoms with Crippen molar-refractivity contribution in [1.82, 2.24) is 14.8 Å². The Morgan fingerprint density at radius 3 is 2.95 bits per heavy atom. The van der Waals surface area contributed by atoms with E-state index in [1.807, 2.05) is 13.0 Å². The fraction of sp³-hybridized carbons (Fsp3) is 0.385. The molecule has 6 nitrogen and oxygen atoms in total. The number of rotatable bonds is 4. The molecular formula is C13H16N4O2S. The summed E-state index contributed by atoms with van der Waals surface area (Å²) in [4.78, 5) is 4.48. The van der Waals surface area contributed by atoms with Crippen LogP contribution in [-0.4, -0.2) is 23.2 Å². The average molecular weight is 292 g/mol. The van der Waals surface area contributed by atoms with E-state index in [9.17, 15) is 8.42 Å². The molecule has 0 radical (unpaired) electrons. The van der Waals surface area contributed by atoms with Gasteiger partial charge in [-0.05, 0) is 37.8 Å². The van der Waals surface area contributed by atoms with E-state index in [2.05, 4.69) is 14.8 Å². The molecule has 0 spiro atoms. The number of pyridine rings is 1. The highest BCUT2D eigenvalue weighted by Crippen LogP contribution is 2.24. The van der Waals surface area contributed by atoms with Crippen molar-refractivity contribution in [3.05, 3.63) is 35.9 Å². The summed E-state index contributed by atoms with van der Waals surface area (Å²) in [7, 11) is -3.59. The molecule has 3 rings (SSSR count). The van der Waals surface area contributed by atoms with E-state index in [1.54, 1.807) is 10.9 Å². The third kappa shape index (κ3) is 2.40. The quantitative estimate of drug-likeness (QED) is 0.928. The van der Waals surface area contributed by atoms with Gasteiger partial charge in [0.15, 0.2) is 0 Å². The van der Waals surface area contributed by atoms with Crippen molar-refractivity contribution in [2.75, 3.05) is 4.72 Å². The molecule has 0 bridgehead atoms. The number of fused-ring (bicyclic) bond motifs is 1. The Kier molecular flexibility index (Phi) is 3.21. The smallest absolute Gasteiger partial charge is 0.265 e. The van der Waals surface area contributed by atoms with Crippen LogP contribution in [0.2, 0.25) is 0 Å². The predicted molar refractivity (Wildman–Crippen MR) is 75.0 cm³/mol. The van der Waals surface area contributed by atoms with Gasteiger partial charge in [-0.3, -0.25) is 14.4 Å². The number of hydrogen-bond acceptors (Lipinski definition) is 4. The normalized spacial score (nSPS) is 14.2. The Balaban J connectivity index is 1.86. The van der Waals surface area contributed by atoms with E-state index in [-0.39, 0.29) is 4.90 Å². The molecule has 0 saturated heterocycles. The largest absolute Gasteiger partial charge is 0.278 e. The molecule has 1 aliphatic rings. The fourth-order valence-electron chi connectivity index (χ4n) is 2.35. The van der Waals surface area contributed by atoms with E-state index in [0.717, 1.165) is 30.5 Å². The molecule has 0 atom stereocenters. The van der Waals surface area contributed by atoms with E-state index >= 15 is 0 Å². The summed E-state index contributed by atoms with van der Waals surface area (Å²) in [6, 6.07) is 1.87. The van der Waals surface area contributed by atoms with Crippen molar-refractivity contribution >= 4 is 15.7 Å². The maximum absolute atomic E-state index is 12.2. The van der Waals surface area contributed by atoms with E-state index in [0.29, 0.717) is 12.2 Å². The number of hydrogen-bond donors (Lipinski definition) is 1. The Morgan fingerprint density at radius 1 is 1.35 bits per heavy atom. The molecule has 2 aromatic rings. The van der Waals surface area contributed by atoms with Crippen molar-refractivity contribution in [3.8, 4) is 0 Å². The topological polar surface area (TPSA) is 76.9 Å². The van der Waals surface area contributed by atoms with Gasteiger partial charge in [-0.1, -0.05) is 0 Å². The summed E-state index contributed by atoms with van der Waals surface area (Å²) in [5, 5.41) is 3.98. The third-order valence-corrected chi connectivity index (χ3v) is 4.75. The zero-order valence-electron chi connectivity index (χ0n) is 11.2. The van der Waals surface area contributed by atoms with Crippen LogP contribution in [-0.2, 0) is 29.4 Å². The minimum absolute atomic E-state index is 0.167. The van der Waals surface area contributed by atoms with E-state index in [4.69, 9.17) is 0 Å². The predicted octanol–water partition coefficient (Wildman–Crippen LogP) is 1.59.